The number of aromatic nitrogens is 1. The van der Waals surface area contributed by atoms with Gasteiger partial charge in [-0.15, -0.1) is 0 Å². The number of hydrogen-bond acceptors (Lipinski definition) is 4. The molecular weight excluding hydrogens is 289 g/mol. The van der Waals surface area contributed by atoms with Crippen molar-refractivity contribution in [1.29, 1.82) is 0 Å². The fraction of sp³-hybridized carbons (Fsp3) is 0.267. The van der Waals surface area contributed by atoms with Crippen LogP contribution in [-0.4, -0.2) is 30.1 Å². The van der Waals surface area contributed by atoms with Crippen LogP contribution in [0.4, 0.5) is 4.39 Å². The number of rotatable bonds is 6. The number of halogens is 1. The van der Waals surface area contributed by atoms with Crippen LogP contribution in [0.2, 0.25) is 0 Å². The summed E-state index contributed by atoms with van der Waals surface area (Å²) in [6.07, 6.45) is 0.542. The quantitative estimate of drug-likeness (QED) is 0.795. The van der Waals surface area contributed by atoms with Crippen LogP contribution >= 0.6 is 0 Å². The molecule has 6 nitrogen and oxygen atoms in total. The van der Waals surface area contributed by atoms with E-state index in [0.29, 0.717) is 25.2 Å². The lowest BCUT2D eigenvalue weighted by Crippen LogP contribution is -2.29. The van der Waals surface area contributed by atoms with E-state index in [1.54, 1.807) is 13.0 Å². The van der Waals surface area contributed by atoms with Gasteiger partial charge in [0.25, 0.3) is 11.8 Å². The largest absolute Gasteiger partial charge is 0.352 e. The molecule has 7 heteroatoms. The lowest BCUT2D eigenvalue weighted by atomic mass is 10.2. The second-order valence-electron chi connectivity index (χ2n) is 4.71. The second kappa shape index (κ2) is 7.35. The number of benzene rings is 1. The molecular formula is C15H16FN3O3. The van der Waals surface area contributed by atoms with E-state index >= 15 is 0 Å². The van der Waals surface area contributed by atoms with Gasteiger partial charge in [-0.1, -0.05) is 11.2 Å². The Labute approximate surface area is 126 Å². The van der Waals surface area contributed by atoms with Crippen molar-refractivity contribution in [3.05, 3.63) is 53.2 Å². The average molecular weight is 305 g/mol. The highest BCUT2D eigenvalue weighted by Crippen LogP contribution is 2.03. The Hall–Kier alpha value is -2.70. The first-order valence-electron chi connectivity index (χ1n) is 6.81. The van der Waals surface area contributed by atoms with Gasteiger partial charge in [0.1, 0.15) is 5.82 Å². The summed E-state index contributed by atoms with van der Waals surface area (Å²) in [6, 6.07) is 7.00. The molecule has 0 fully saturated rings. The lowest BCUT2D eigenvalue weighted by Gasteiger charge is -2.06. The third kappa shape index (κ3) is 4.41. The predicted octanol–water partition coefficient (Wildman–Crippen LogP) is 1.67. The molecule has 0 saturated heterocycles. The van der Waals surface area contributed by atoms with E-state index in [1.165, 1.54) is 24.3 Å². The Morgan fingerprint density at radius 3 is 2.55 bits per heavy atom. The van der Waals surface area contributed by atoms with Crippen LogP contribution in [0.1, 0.15) is 33.0 Å². The molecule has 1 aromatic heterocycles. The van der Waals surface area contributed by atoms with Crippen LogP contribution in [0.5, 0.6) is 0 Å². The summed E-state index contributed by atoms with van der Waals surface area (Å²) in [5, 5.41) is 8.92. The summed E-state index contributed by atoms with van der Waals surface area (Å²) < 4.78 is 17.8. The fourth-order valence-electron chi connectivity index (χ4n) is 1.78. The normalized spacial score (nSPS) is 10.3. The predicted molar refractivity (Wildman–Crippen MR) is 76.9 cm³/mol. The molecule has 2 rings (SSSR count). The number of nitrogens with one attached hydrogen (secondary N) is 2. The molecule has 1 heterocycles. The molecule has 2 amide bonds. The van der Waals surface area contributed by atoms with Gasteiger partial charge in [-0.2, -0.15) is 0 Å². The summed E-state index contributed by atoms with van der Waals surface area (Å²) in [7, 11) is 0. The first-order valence-corrected chi connectivity index (χ1v) is 6.81. The Morgan fingerprint density at radius 1 is 1.18 bits per heavy atom. The molecule has 0 aliphatic heterocycles. The minimum atomic E-state index is -0.456. The van der Waals surface area contributed by atoms with E-state index in [1.807, 2.05) is 0 Å². The van der Waals surface area contributed by atoms with Crippen molar-refractivity contribution < 1.29 is 18.5 Å². The highest BCUT2D eigenvalue weighted by atomic mass is 19.1. The van der Waals surface area contributed by atoms with Gasteiger partial charge in [0.2, 0.25) is 5.76 Å². The van der Waals surface area contributed by atoms with Gasteiger partial charge in [-0.05, 0) is 31.5 Å². The van der Waals surface area contributed by atoms with Gasteiger partial charge in [0.15, 0.2) is 0 Å². The second-order valence-corrected chi connectivity index (χ2v) is 4.71. The fourth-order valence-corrected chi connectivity index (χ4v) is 1.78. The zero-order valence-electron chi connectivity index (χ0n) is 12.1. The third-order valence-electron chi connectivity index (χ3n) is 2.86. The molecule has 2 aromatic rings. The van der Waals surface area contributed by atoms with Crippen LogP contribution in [0.15, 0.2) is 34.9 Å². The molecule has 0 atom stereocenters. The molecule has 1 aromatic carbocycles. The molecule has 0 spiro atoms. The number of carbonyl (C=O) groups excluding carboxylic acids is 2. The number of hydrogen-bond donors (Lipinski definition) is 2. The van der Waals surface area contributed by atoms with Crippen LogP contribution in [-0.2, 0) is 0 Å². The van der Waals surface area contributed by atoms with Crippen molar-refractivity contribution in [3.63, 3.8) is 0 Å². The molecule has 0 aliphatic carbocycles. The Morgan fingerprint density at radius 2 is 1.91 bits per heavy atom. The van der Waals surface area contributed by atoms with Crippen LogP contribution in [0.25, 0.3) is 0 Å². The van der Waals surface area contributed by atoms with Crippen LogP contribution < -0.4 is 10.6 Å². The van der Waals surface area contributed by atoms with E-state index in [0.717, 1.165) is 0 Å². The van der Waals surface area contributed by atoms with Crippen molar-refractivity contribution in [3.8, 4) is 0 Å². The Bertz CT molecular complexity index is 670. The van der Waals surface area contributed by atoms with Gasteiger partial charge in [-0.3, -0.25) is 9.59 Å². The van der Waals surface area contributed by atoms with Crippen molar-refractivity contribution in [1.82, 2.24) is 15.8 Å². The van der Waals surface area contributed by atoms with E-state index < -0.39 is 5.82 Å². The van der Waals surface area contributed by atoms with Crippen molar-refractivity contribution >= 4 is 11.8 Å². The number of aryl methyl sites for hydroxylation is 1. The van der Waals surface area contributed by atoms with E-state index in [9.17, 15) is 14.0 Å². The molecule has 0 radical (unpaired) electrons. The van der Waals surface area contributed by atoms with Crippen LogP contribution in [0, 0.1) is 12.7 Å². The van der Waals surface area contributed by atoms with Gasteiger partial charge >= 0.3 is 0 Å². The molecule has 0 unspecified atom stereocenters. The van der Waals surface area contributed by atoms with E-state index in [4.69, 9.17) is 4.52 Å². The van der Waals surface area contributed by atoms with E-state index in [2.05, 4.69) is 15.8 Å². The van der Waals surface area contributed by atoms with Crippen molar-refractivity contribution in [2.75, 3.05) is 13.1 Å². The molecule has 0 saturated carbocycles. The summed E-state index contributed by atoms with van der Waals surface area (Å²) in [6.45, 7) is 2.47. The smallest absolute Gasteiger partial charge is 0.289 e. The summed E-state index contributed by atoms with van der Waals surface area (Å²) in [5.74, 6) is -1.00. The summed E-state index contributed by atoms with van der Waals surface area (Å²) in [4.78, 5) is 23.4. The van der Waals surface area contributed by atoms with Gasteiger partial charge in [0.05, 0.1) is 5.69 Å². The SMILES string of the molecule is Cc1cc(C(=O)NCCCNC(=O)c2cccc(F)c2)on1. The number of amides is 2. The van der Waals surface area contributed by atoms with Crippen molar-refractivity contribution in [2.24, 2.45) is 0 Å². The summed E-state index contributed by atoms with van der Waals surface area (Å²) in [5.41, 5.74) is 0.897. The van der Waals surface area contributed by atoms with Gasteiger partial charge in [0, 0.05) is 24.7 Å². The van der Waals surface area contributed by atoms with Crippen molar-refractivity contribution in [2.45, 2.75) is 13.3 Å². The highest BCUT2D eigenvalue weighted by Gasteiger charge is 2.10. The zero-order chi connectivity index (χ0) is 15.9. The van der Waals surface area contributed by atoms with E-state index in [-0.39, 0.29) is 23.1 Å². The highest BCUT2D eigenvalue weighted by molar-refractivity contribution is 5.94. The van der Waals surface area contributed by atoms with Gasteiger partial charge in [-0.25, -0.2) is 4.39 Å². The summed E-state index contributed by atoms with van der Waals surface area (Å²) >= 11 is 0. The first kappa shape index (κ1) is 15.7. The standard InChI is InChI=1S/C15H16FN3O3/c1-10-8-13(22-19-10)15(21)18-7-3-6-17-14(20)11-4-2-5-12(16)9-11/h2,4-5,8-9H,3,6-7H2,1H3,(H,17,20)(H,18,21). The monoisotopic (exact) mass is 305 g/mol. The zero-order valence-corrected chi connectivity index (χ0v) is 12.1. The molecule has 2 N–H and O–H groups in total. The molecule has 22 heavy (non-hydrogen) atoms. The lowest BCUT2D eigenvalue weighted by molar-refractivity contribution is 0.0916. The maximum absolute atomic E-state index is 13.0. The van der Waals surface area contributed by atoms with Gasteiger partial charge < -0.3 is 15.2 Å². The molecule has 0 bridgehead atoms. The topological polar surface area (TPSA) is 84.2 Å². The maximum Gasteiger partial charge on any atom is 0.289 e. The Kier molecular flexibility index (Phi) is 5.24. The van der Waals surface area contributed by atoms with Crippen LogP contribution in [0.3, 0.4) is 0 Å². The first-order chi connectivity index (χ1) is 10.6. The average Bonchev–Trinajstić information content (AvgIpc) is 2.93. The maximum atomic E-state index is 13.0. The minimum absolute atomic E-state index is 0.154. The number of nitrogens with zero attached hydrogens (tertiary/aromatic N) is 1. The molecule has 116 valence electrons. The number of carbonyl (C=O) groups is 2. The molecule has 0 aliphatic rings. The minimum Gasteiger partial charge on any atom is -0.352 e. The third-order valence-corrected chi connectivity index (χ3v) is 2.86. The Balaban J connectivity index is 1.67.